The fourth-order valence-corrected chi connectivity index (χ4v) is 3.09. The molecule has 1 heterocycles. The van der Waals surface area contributed by atoms with Crippen LogP contribution in [0.3, 0.4) is 0 Å². The number of benzene rings is 2. The Morgan fingerprint density at radius 3 is 2.46 bits per heavy atom. The Hall–Kier alpha value is -2.30. The number of para-hydroxylation sites is 1. The molecule has 0 amide bonds. The summed E-state index contributed by atoms with van der Waals surface area (Å²) < 4.78 is 1.62. The topological polar surface area (TPSA) is 59.3 Å². The van der Waals surface area contributed by atoms with Crippen LogP contribution in [0.15, 0.2) is 42.5 Å². The van der Waals surface area contributed by atoms with E-state index in [0.29, 0.717) is 26.5 Å². The monoisotopic (exact) mass is 361 g/mol. The molecule has 4 nitrogen and oxygen atoms in total. The first kappa shape index (κ1) is 16.6. The van der Waals surface area contributed by atoms with Gasteiger partial charge < -0.3 is 9.67 Å². The quantitative estimate of drug-likeness (QED) is 0.672. The molecule has 0 spiro atoms. The van der Waals surface area contributed by atoms with E-state index in [4.69, 9.17) is 23.2 Å². The zero-order chi connectivity index (χ0) is 17.4. The number of halogens is 2. The number of nitrogens with zero attached hydrogens (tertiary/aromatic N) is 1. The molecule has 0 bridgehead atoms. The molecule has 0 saturated carbocycles. The lowest BCUT2D eigenvalue weighted by atomic mass is 10.1. The summed E-state index contributed by atoms with van der Waals surface area (Å²) >= 11 is 12.0. The van der Waals surface area contributed by atoms with Crippen LogP contribution in [0.2, 0.25) is 10.0 Å². The molecule has 0 aliphatic carbocycles. The minimum atomic E-state index is -1.05. The first-order chi connectivity index (χ1) is 11.4. The lowest BCUT2D eigenvalue weighted by molar-refractivity contribution is 0.0686. The first-order valence-corrected chi connectivity index (χ1v) is 7.94. The minimum Gasteiger partial charge on any atom is -0.477 e. The number of fused-ring (bicyclic) bond motifs is 1. The molecule has 2 aromatic carbocycles. The van der Waals surface area contributed by atoms with Gasteiger partial charge in [0.25, 0.3) is 0 Å². The highest BCUT2D eigenvalue weighted by Gasteiger charge is 2.19. The fraction of sp³-hybridized carbons (Fsp3) is 0.111. The summed E-state index contributed by atoms with van der Waals surface area (Å²) in [5.41, 5.74) is 2.00. The molecule has 1 N–H and O–H groups in total. The summed E-state index contributed by atoms with van der Waals surface area (Å²) in [5, 5.41) is 11.1. The van der Waals surface area contributed by atoms with Gasteiger partial charge in [0.15, 0.2) is 5.78 Å². The van der Waals surface area contributed by atoms with Crippen molar-refractivity contribution in [2.75, 3.05) is 0 Å². The SMILES string of the molecule is CC(=O)c1cccc2cc(C(=O)O)n(Cc3ccc(Cl)c(Cl)c3)c12. The number of ketones is 1. The fourth-order valence-electron chi connectivity index (χ4n) is 2.77. The van der Waals surface area contributed by atoms with E-state index in [-0.39, 0.29) is 18.0 Å². The average molecular weight is 362 g/mol. The first-order valence-electron chi connectivity index (χ1n) is 7.19. The van der Waals surface area contributed by atoms with E-state index in [1.807, 2.05) is 0 Å². The molecule has 3 aromatic rings. The number of rotatable bonds is 4. The van der Waals surface area contributed by atoms with Gasteiger partial charge in [-0.05, 0) is 36.8 Å². The number of hydrogen-bond acceptors (Lipinski definition) is 2. The predicted molar refractivity (Wildman–Crippen MR) is 94.5 cm³/mol. The van der Waals surface area contributed by atoms with Crippen LogP contribution >= 0.6 is 23.2 Å². The number of Topliss-reactive ketones (excluding diaryl/α,β-unsaturated/α-hetero) is 1. The molecule has 0 aliphatic heterocycles. The Balaban J connectivity index is 2.24. The van der Waals surface area contributed by atoms with Gasteiger partial charge in [-0.1, -0.05) is 41.4 Å². The maximum absolute atomic E-state index is 11.9. The van der Waals surface area contributed by atoms with Crippen LogP contribution in [-0.2, 0) is 6.54 Å². The largest absolute Gasteiger partial charge is 0.477 e. The van der Waals surface area contributed by atoms with Gasteiger partial charge in [0.05, 0.1) is 15.6 Å². The number of carboxylic acid groups (broad SMARTS) is 1. The third kappa shape index (κ3) is 2.90. The number of aromatic nitrogens is 1. The second kappa shape index (κ2) is 6.30. The predicted octanol–water partition coefficient (Wildman–Crippen LogP) is 4.90. The van der Waals surface area contributed by atoms with E-state index >= 15 is 0 Å². The molecule has 0 fully saturated rings. The second-order valence-electron chi connectivity index (χ2n) is 5.47. The highest BCUT2D eigenvalue weighted by Crippen LogP contribution is 2.27. The molecule has 0 aliphatic rings. The number of hydrogen-bond donors (Lipinski definition) is 1. The molecular weight excluding hydrogens is 349 g/mol. The molecule has 3 rings (SSSR count). The van der Waals surface area contributed by atoms with Crippen molar-refractivity contribution in [1.82, 2.24) is 4.57 Å². The third-order valence-electron chi connectivity index (χ3n) is 3.84. The van der Waals surface area contributed by atoms with Crippen molar-refractivity contribution in [3.05, 3.63) is 69.3 Å². The van der Waals surface area contributed by atoms with Crippen molar-refractivity contribution in [3.8, 4) is 0 Å². The summed E-state index contributed by atoms with van der Waals surface area (Å²) in [4.78, 5) is 23.6. The molecule has 1 aromatic heterocycles. The standard InChI is InChI=1S/C18H13Cl2NO3/c1-10(22)13-4-2-3-12-8-16(18(23)24)21(17(12)13)9-11-5-6-14(19)15(20)7-11/h2-8H,9H2,1H3,(H,23,24). The Morgan fingerprint density at radius 1 is 1.08 bits per heavy atom. The van der Waals surface area contributed by atoms with Gasteiger partial charge in [-0.25, -0.2) is 4.79 Å². The molecule has 24 heavy (non-hydrogen) atoms. The van der Waals surface area contributed by atoms with Crippen molar-refractivity contribution in [1.29, 1.82) is 0 Å². The van der Waals surface area contributed by atoms with Crippen molar-refractivity contribution in [2.45, 2.75) is 13.5 Å². The highest BCUT2D eigenvalue weighted by molar-refractivity contribution is 6.42. The summed E-state index contributed by atoms with van der Waals surface area (Å²) in [7, 11) is 0. The molecule has 122 valence electrons. The van der Waals surface area contributed by atoms with Crippen LogP contribution in [0, 0.1) is 0 Å². The summed E-state index contributed by atoms with van der Waals surface area (Å²) in [6.07, 6.45) is 0. The molecular formula is C18H13Cl2NO3. The zero-order valence-corrected chi connectivity index (χ0v) is 14.2. The summed E-state index contributed by atoms with van der Waals surface area (Å²) in [6.45, 7) is 1.73. The van der Waals surface area contributed by atoms with E-state index in [9.17, 15) is 14.7 Å². The smallest absolute Gasteiger partial charge is 0.352 e. The third-order valence-corrected chi connectivity index (χ3v) is 4.58. The van der Waals surface area contributed by atoms with Crippen molar-refractivity contribution >= 4 is 45.9 Å². The molecule has 0 saturated heterocycles. The van der Waals surface area contributed by atoms with Crippen molar-refractivity contribution < 1.29 is 14.7 Å². The Morgan fingerprint density at radius 2 is 1.83 bits per heavy atom. The lowest BCUT2D eigenvalue weighted by Crippen LogP contribution is -2.11. The molecule has 6 heteroatoms. The van der Waals surface area contributed by atoms with Crippen LogP contribution in [0.25, 0.3) is 10.9 Å². The maximum atomic E-state index is 11.9. The average Bonchev–Trinajstić information content (AvgIpc) is 2.90. The number of carbonyl (C=O) groups is 2. The van der Waals surface area contributed by atoms with E-state index in [1.54, 1.807) is 47.0 Å². The Labute approximate surface area is 148 Å². The molecule has 0 unspecified atom stereocenters. The molecule has 0 radical (unpaired) electrons. The van der Waals surface area contributed by atoms with Crippen molar-refractivity contribution in [3.63, 3.8) is 0 Å². The zero-order valence-electron chi connectivity index (χ0n) is 12.7. The van der Waals surface area contributed by atoms with Crippen molar-refractivity contribution in [2.24, 2.45) is 0 Å². The molecule has 0 atom stereocenters. The van der Waals surface area contributed by atoms with E-state index in [2.05, 4.69) is 0 Å². The van der Waals surface area contributed by atoms with Crippen LogP contribution in [-0.4, -0.2) is 21.4 Å². The van der Waals surface area contributed by atoms with Crippen LogP contribution in [0.4, 0.5) is 0 Å². The summed E-state index contributed by atoms with van der Waals surface area (Å²) in [5.74, 6) is -1.17. The Bertz CT molecular complexity index is 976. The van der Waals surface area contributed by atoms with Gasteiger partial charge in [0.2, 0.25) is 0 Å². The maximum Gasteiger partial charge on any atom is 0.352 e. The Kier molecular flexibility index (Phi) is 4.35. The van der Waals surface area contributed by atoms with E-state index in [1.165, 1.54) is 6.92 Å². The van der Waals surface area contributed by atoms with E-state index < -0.39 is 5.97 Å². The normalized spacial score (nSPS) is 11.0. The summed E-state index contributed by atoms with van der Waals surface area (Å²) in [6, 6.07) is 11.9. The van der Waals surface area contributed by atoms with Gasteiger partial charge in [-0.3, -0.25) is 4.79 Å². The van der Waals surface area contributed by atoms with Gasteiger partial charge in [-0.15, -0.1) is 0 Å². The van der Waals surface area contributed by atoms with Gasteiger partial charge in [0.1, 0.15) is 5.69 Å². The highest BCUT2D eigenvalue weighted by atomic mass is 35.5. The number of carboxylic acids is 1. The minimum absolute atomic E-state index is 0.116. The van der Waals surface area contributed by atoms with Gasteiger partial charge in [0, 0.05) is 17.5 Å². The number of carbonyl (C=O) groups excluding carboxylic acids is 1. The van der Waals surface area contributed by atoms with Gasteiger partial charge >= 0.3 is 5.97 Å². The van der Waals surface area contributed by atoms with Gasteiger partial charge in [-0.2, -0.15) is 0 Å². The van der Waals surface area contributed by atoms with Crippen LogP contribution in [0.1, 0.15) is 33.3 Å². The van der Waals surface area contributed by atoms with Crippen LogP contribution < -0.4 is 0 Å². The van der Waals surface area contributed by atoms with E-state index in [0.717, 1.165) is 5.56 Å². The lowest BCUT2D eigenvalue weighted by Gasteiger charge is -2.11. The number of aromatic carboxylic acids is 1. The van der Waals surface area contributed by atoms with Crippen LogP contribution in [0.5, 0.6) is 0 Å². The second-order valence-corrected chi connectivity index (χ2v) is 6.28.